The molecule has 0 fully saturated rings. The second-order valence-electron chi connectivity index (χ2n) is 4.01. The zero-order valence-corrected chi connectivity index (χ0v) is 12.0. The summed E-state index contributed by atoms with van der Waals surface area (Å²) in [6, 6.07) is 13.4. The van der Waals surface area contributed by atoms with Crippen LogP contribution in [0, 0.1) is 21.8 Å². The minimum Gasteiger partial charge on any atom is -0.399 e. The molecule has 2 rings (SSSR count). The van der Waals surface area contributed by atoms with E-state index in [0.29, 0.717) is 5.56 Å². The number of anilines is 3. The van der Waals surface area contributed by atoms with Gasteiger partial charge in [0.25, 0.3) is 0 Å². The van der Waals surface area contributed by atoms with E-state index < -0.39 is 0 Å². The van der Waals surface area contributed by atoms with E-state index in [1.54, 1.807) is 0 Å². The number of nitriles is 1. The lowest BCUT2D eigenvalue weighted by Gasteiger charge is -2.12. The Morgan fingerprint density at radius 1 is 1.17 bits per heavy atom. The Balaban J connectivity index is 2.37. The maximum atomic E-state index is 8.91. The summed E-state index contributed by atoms with van der Waals surface area (Å²) in [6.45, 7) is 2.01. The maximum absolute atomic E-state index is 8.91. The molecule has 0 atom stereocenters. The average Bonchev–Trinajstić information content (AvgIpc) is 2.35. The molecule has 0 heterocycles. The predicted molar refractivity (Wildman–Crippen MR) is 82.7 cm³/mol. The monoisotopic (exact) mass is 349 g/mol. The Morgan fingerprint density at radius 2 is 1.94 bits per heavy atom. The van der Waals surface area contributed by atoms with Crippen LogP contribution in [0.5, 0.6) is 0 Å². The van der Waals surface area contributed by atoms with Crippen LogP contribution in [-0.2, 0) is 0 Å². The average molecular weight is 349 g/mol. The van der Waals surface area contributed by atoms with Gasteiger partial charge in [-0.2, -0.15) is 5.26 Å². The van der Waals surface area contributed by atoms with Gasteiger partial charge in [-0.25, -0.2) is 0 Å². The first-order chi connectivity index (χ1) is 8.60. The van der Waals surface area contributed by atoms with Crippen LogP contribution < -0.4 is 11.1 Å². The first-order valence-electron chi connectivity index (χ1n) is 5.43. The molecule has 2 aromatic rings. The third-order valence-corrected chi connectivity index (χ3v) is 3.52. The summed E-state index contributed by atoms with van der Waals surface area (Å²) in [5.41, 5.74) is 10.1. The van der Waals surface area contributed by atoms with Gasteiger partial charge in [-0.15, -0.1) is 0 Å². The minimum atomic E-state index is 0.647. The van der Waals surface area contributed by atoms with Crippen LogP contribution in [-0.4, -0.2) is 0 Å². The second kappa shape index (κ2) is 5.27. The summed E-state index contributed by atoms with van der Waals surface area (Å²) in [5.74, 6) is 0. The molecule has 0 unspecified atom stereocenters. The summed E-state index contributed by atoms with van der Waals surface area (Å²) >= 11 is 2.23. The van der Waals surface area contributed by atoms with E-state index in [0.717, 1.165) is 26.2 Å². The van der Waals surface area contributed by atoms with Crippen LogP contribution in [0.3, 0.4) is 0 Å². The number of aryl methyl sites for hydroxylation is 1. The lowest BCUT2D eigenvalue weighted by Crippen LogP contribution is -1.97. The Hall–Kier alpha value is -1.74. The summed E-state index contributed by atoms with van der Waals surface area (Å²) in [6.07, 6.45) is 0. The summed E-state index contributed by atoms with van der Waals surface area (Å²) in [4.78, 5) is 0. The number of nitrogens with one attached hydrogen (secondary N) is 1. The van der Waals surface area contributed by atoms with Crippen LogP contribution in [0.2, 0.25) is 0 Å². The molecule has 0 amide bonds. The molecule has 2 aromatic carbocycles. The molecule has 0 saturated carbocycles. The van der Waals surface area contributed by atoms with Crippen molar-refractivity contribution in [2.45, 2.75) is 6.92 Å². The van der Waals surface area contributed by atoms with Crippen LogP contribution >= 0.6 is 22.6 Å². The van der Waals surface area contributed by atoms with Gasteiger partial charge in [0, 0.05) is 14.9 Å². The van der Waals surface area contributed by atoms with Crippen molar-refractivity contribution < 1.29 is 0 Å². The van der Waals surface area contributed by atoms with Crippen molar-refractivity contribution in [1.29, 1.82) is 5.26 Å². The molecule has 3 N–H and O–H groups in total. The zero-order chi connectivity index (χ0) is 13.1. The van der Waals surface area contributed by atoms with E-state index in [1.807, 2.05) is 43.3 Å². The van der Waals surface area contributed by atoms with Gasteiger partial charge in [0.1, 0.15) is 0 Å². The number of rotatable bonds is 2. The highest BCUT2D eigenvalue weighted by atomic mass is 127. The number of nitrogens with two attached hydrogens (primary N) is 1. The van der Waals surface area contributed by atoms with Gasteiger partial charge in [-0.05, 0) is 65.4 Å². The lowest BCUT2D eigenvalue weighted by molar-refractivity contribution is 1.40. The number of hydrogen-bond acceptors (Lipinski definition) is 3. The third-order valence-electron chi connectivity index (χ3n) is 2.63. The quantitative estimate of drug-likeness (QED) is 0.640. The fourth-order valence-electron chi connectivity index (χ4n) is 1.60. The van der Waals surface area contributed by atoms with Crippen LogP contribution in [0.1, 0.15) is 11.1 Å². The van der Waals surface area contributed by atoms with Gasteiger partial charge < -0.3 is 11.1 Å². The largest absolute Gasteiger partial charge is 0.399 e. The molecule has 4 heteroatoms. The van der Waals surface area contributed by atoms with Gasteiger partial charge in [0.05, 0.1) is 17.3 Å². The molecule has 0 aliphatic rings. The normalized spacial score (nSPS) is 9.83. The number of hydrogen-bond donors (Lipinski definition) is 2. The second-order valence-corrected chi connectivity index (χ2v) is 5.17. The minimum absolute atomic E-state index is 0.647. The topological polar surface area (TPSA) is 61.8 Å². The van der Waals surface area contributed by atoms with E-state index >= 15 is 0 Å². The van der Waals surface area contributed by atoms with Crippen LogP contribution in [0.25, 0.3) is 0 Å². The SMILES string of the molecule is Cc1ccc(C#N)cc1Nc1ccc(N)cc1I. The molecule has 0 saturated heterocycles. The zero-order valence-electron chi connectivity index (χ0n) is 9.87. The standard InChI is InChI=1S/C14H12IN3/c1-9-2-3-10(8-16)6-14(9)18-13-5-4-11(17)7-12(13)15/h2-7,18H,17H2,1H3. The highest BCUT2D eigenvalue weighted by Gasteiger charge is 2.04. The van der Waals surface area contributed by atoms with Crippen molar-refractivity contribution in [3.05, 3.63) is 51.1 Å². The smallest absolute Gasteiger partial charge is 0.0992 e. The number of nitrogens with zero attached hydrogens (tertiary/aromatic N) is 1. The Kier molecular flexibility index (Phi) is 3.72. The van der Waals surface area contributed by atoms with Crippen LogP contribution in [0.15, 0.2) is 36.4 Å². The van der Waals surface area contributed by atoms with Gasteiger partial charge in [-0.1, -0.05) is 6.07 Å². The van der Waals surface area contributed by atoms with Crippen molar-refractivity contribution >= 4 is 39.7 Å². The molecule has 18 heavy (non-hydrogen) atoms. The predicted octanol–water partition coefficient (Wildman–Crippen LogP) is 3.80. The molecule has 0 aromatic heterocycles. The first-order valence-corrected chi connectivity index (χ1v) is 6.51. The molecule has 0 aliphatic heterocycles. The molecule has 0 spiro atoms. The maximum Gasteiger partial charge on any atom is 0.0992 e. The van der Waals surface area contributed by atoms with Gasteiger partial charge >= 0.3 is 0 Å². The fourth-order valence-corrected chi connectivity index (χ4v) is 2.28. The highest BCUT2D eigenvalue weighted by Crippen LogP contribution is 2.26. The number of nitrogen functional groups attached to an aromatic ring is 1. The Labute approximate surface area is 120 Å². The van der Waals surface area contributed by atoms with E-state index in [-0.39, 0.29) is 0 Å². The molecule has 0 bridgehead atoms. The van der Waals surface area contributed by atoms with Crippen molar-refractivity contribution in [3.63, 3.8) is 0 Å². The third kappa shape index (κ3) is 2.74. The molecular weight excluding hydrogens is 337 g/mol. The molecule has 90 valence electrons. The van der Waals surface area contributed by atoms with E-state index in [1.165, 1.54) is 0 Å². The summed E-state index contributed by atoms with van der Waals surface area (Å²) in [7, 11) is 0. The van der Waals surface area contributed by atoms with Crippen molar-refractivity contribution in [2.24, 2.45) is 0 Å². The van der Waals surface area contributed by atoms with Crippen LogP contribution in [0.4, 0.5) is 17.1 Å². The fraction of sp³-hybridized carbons (Fsp3) is 0.0714. The molecule has 0 radical (unpaired) electrons. The number of benzene rings is 2. The first kappa shape index (κ1) is 12.7. The lowest BCUT2D eigenvalue weighted by atomic mass is 10.1. The highest BCUT2D eigenvalue weighted by molar-refractivity contribution is 14.1. The molecule has 3 nitrogen and oxygen atoms in total. The van der Waals surface area contributed by atoms with E-state index in [4.69, 9.17) is 11.0 Å². The summed E-state index contributed by atoms with van der Waals surface area (Å²) in [5, 5.41) is 12.2. The Morgan fingerprint density at radius 3 is 2.61 bits per heavy atom. The molecular formula is C14H12IN3. The van der Waals surface area contributed by atoms with Gasteiger partial charge in [-0.3, -0.25) is 0 Å². The van der Waals surface area contributed by atoms with Crippen molar-refractivity contribution in [1.82, 2.24) is 0 Å². The van der Waals surface area contributed by atoms with Gasteiger partial charge in [0.15, 0.2) is 0 Å². The summed E-state index contributed by atoms with van der Waals surface area (Å²) < 4.78 is 1.05. The van der Waals surface area contributed by atoms with Crippen molar-refractivity contribution in [2.75, 3.05) is 11.1 Å². The Bertz CT molecular complexity index is 629. The van der Waals surface area contributed by atoms with Gasteiger partial charge in [0.2, 0.25) is 0 Å². The van der Waals surface area contributed by atoms with E-state index in [9.17, 15) is 0 Å². The number of halogens is 1. The van der Waals surface area contributed by atoms with Crippen molar-refractivity contribution in [3.8, 4) is 6.07 Å². The van der Waals surface area contributed by atoms with E-state index in [2.05, 4.69) is 34.0 Å². The molecule has 0 aliphatic carbocycles.